The van der Waals surface area contributed by atoms with Crippen LogP contribution >= 0.6 is 0 Å². The Morgan fingerprint density at radius 3 is 2.23 bits per heavy atom. The van der Waals surface area contributed by atoms with Crippen molar-refractivity contribution < 1.29 is 36.2 Å². The van der Waals surface area contributed by atoms with Crippen LogP contribution in [-0.2, 0) is 4.74 Å². The number of rotatable bonds is 10. The van der Waals surface area contributed by atoms with Gasteiger partial charge in [-0.3, -0.25) is 0 Å². The van der Waals surface area contributed by atoms with Crippen molar-refractivity contribution in [2.24, 2.45) is 5.92 Å². The van der Waals surface area contributed by atoms with Crippen LogP contribution in [0.3, 0.4) is 0 Å². The second-order valence-electron chi connectivity index (χ2n) is 7.05. The van der Waals surface area contributed by atoms with Gasteiger partial charge in [0.1, 0.15) is 5.75 Å². The summed E-state index contributed by atoms with van der Waals surface area (Å²) in [7, 11) is 0. The van der Waals surface area contributed by atoms with Crippen LogP contribution in [0.15, 0.2) is 36.4 Å². The third-order valence-electron chi connectivity index (χ3n) is 4.85. The maximum Gasteiger partial charge on any atom is 0.391 e. The molecule has 0 aliphatic rings. The van der Waals surface area contributed by atoms with E-state index in [0.29, 0.717) is 30.8 Å². The van der Waals surface area contributed by atoms with Crippen molar-refractivity contribution in [1.29, 1.82) is 0 Å². The lowest BCUT2D eigenvalue weighted by Gasteiger charge is -2.19. The highest BCUT2D eigenvalue weighted by molar-refractivity contribution is 5.90. The molecule has 0 saturated heterocycles. The highest BCUT2D eigenvalue weighted by atomic mass is 19.4. The first-order chi connectivity index (χ1) is 14.7. The molecule has 0 aromatic heterocycles. The van der Waals surface area contributed by atoms with E-state index >= 15 is 0 Å². The van der Waals surface area contributed by atoms with Crippen LogP contribution < -0.4 is 4.74 Å². The molecule has 2 aromatic carbocycles. The summed E-state index contributed by atoms with van der Waals surface area (Å²) in [4.78, 5) is 12.1. The van der Waals surface area contributed by atoms with E-state index in [4.69, 9.17) is 9.47 Å². The average molecular weight is 444 g/mol. The van der Waals surface area contributed by atoms with Crippen LogP contribution in [0, 0.1) is 17.6 Å². The topological polar surface area (TPSA) is 35.5 Å². The van der Waals surface area contributed by atoms with E-state index in [2.05, 4.69) is 0 Å². The van der Waals surface area contributed by atoms with Crippen LogP contribution in [0.4, 0.5) is 22.0 Å². The fourth-order valence-electron chi connectivity index (χ4n) is 3.12. The summed E-state index contributed by atoms with van der Waals surface area (Å²) < 4.78 is 78.2. The molecule has 2 aromatic rings. The Bertz CT molecular complexity index is 863. The number of unbranched alkanes of at least 4 members (excludes halogenated alkanes) is 1. The highest BCUT2D eigenvalue weighted by Gasteiger charge is 2.38. The minimum absolute atomic E-state index is 0.0613. The number of hydrogen-bond acceptors (Lipinski definition) is 3. The summed E-state index contributed by atoms with van der Waals surface area (Å²) in [5, 5.41) is 0. The predicted molar refractivity (Wildman–Crippen MR) is 107 cm³/mol. The minimum atomic E-state index is -4.40. The van der Waals surface area contributed by atoms with Crippen LogP contribution in [0.25, 0.3) is 11.1 Å². The second-order valence-corrected chi connectivity index (χ2v) is 7.05. The molecule has 0 saturated carbocycles. The van der Waals surface area contributed by atoms with Gasteiger partial charge in [0.2, 0.25) is 0 Å². The van der Waals surface area contributed by atoms with Gasteiger partial charge in [-0.1, -0.05) is 38.0 Å². The molecule has 3 nitrogen and oxygen atoms in total. The second kappa shape index (κ2) is 11.1. The summed E-state index contributed by atoms with van der Waals surface area (Å²) in [5.41, 5.74) is -0.346. The molecule has 1 atom stereocenters. The summed E-state index contributed by atoms with van der Waals surface area (Å²) in [6.45, 7) is 3.52. The maximum atomic E-state index is 14.5. The number of alkyl halides is 3. The van der Waals surface area contributed by atoms with E-state index in [1.807, 2.05) is 6.92 Å². The quantitative estimate of drug-likeness (QED) is 0.294. The van der Waals surface area contributed by atoms with E-state index in [9.17, 15) is 26.7 Å². The molecule has 0 aliphatic carbocycles. The molecule has 0 N–H and O–H groups in total. The monoisotopic (exact) mass is 444 g/mol. The summed E-state index contributed by atoms with van der Waals surface area (Å²) in [6.07, 6.45) is -3.90. The van der Waals surface area contributed by atoms with Gasteiger partial charge in [0.25, 0.3) is 0 Å². The van der Waals surface area contributed by atoms with Crippen molar-refractivity contribution in [3.8, 4) is 16.9 Å². The van der Waals surface area contributed by atoms with Gasteiger partial charge in [0.05, 0.1) is 24.7 Å². The first kappa shape index (κ1) is 24.6. The molecule has 0 radical (unpaired) electrons. The molecule has 0 heterocycles. The van der Waals surface area contributed by atoms with Gasteiger partial charge in [-0.05, 0) is 43.5 Å². The first-order valence-corrected chi connectivity index (χ1v) is 10.1. The first-order valence-electron chi connectivity index (χ1n) is 10.1. The molecule has 0 bridgehead atoms. The van der Waals surface area contributed by atoms with Gasteiger partial charge in [-0.15, -0.1) is 0 Å². The van der Waals surface area contributed by atoms with E-state index in [1.54, 1.807) is 31.2 Å². The fourth-order valence-corrected chi connectivity index (χ4v) is 3.12. The molecule has 2 rings (SSSR count). The Morgan fingerprint density at radius 2 is 1.65 bits per heavy atom. The van der Waals surface area contributed by atoms with Crippen LogP contribution in [-0.4, -0.2) is 25.4 Å². The fraction of sp³-hybridized carbons (Fsp3) is 0.435. The summed E-state index contributed by atoms with van der Waals surface area (Å²) in [6, 6.07) is 8.60. The summed E-state index contributed by atoms with van der Waals surface area (Å²) in [5.74, 6) is -4.89. The molecule has 0 spiro atoms. The number of hydrogen-bond donors (Lipinski definition) is 0. The molecule has 8 heteroatoms. The standard InChI is InChI=1S/C23H25F5O3/c1-3-5-6-16(23(26,27)28)13-14-31-22(29)19-12-11-18(20(24)21(19)25)15-7-9-17(10-8-15)30-4-2/h7-12,16H,3-6,13-14H2,1-2H3. The van der Waals surface area contributed by atoms with Crippen molar-refractivity contribution >= 4 is 5.97 Å². The Labute approximate surface area is 178 Å². The van der Waals surface area contributed by atoms with E-state index in [0.717, 1.165) is 6.07 Å². The van der Waals surface area contributed by atoms with Gasteiger partial charge in [0, 0.05) is 5.56 Å². The number of ether oxygens (including phenoxy) is 2. The van der Waals surface area contributed by atoms with Gasteiger partial charge in [-0.2, -0.15) is 13.2 Å². The van der Waals surface area contributed by atoms with Crippen molar-refractivity contribution in [1.82, 2.24) is 0 Å². The smallest absolute Gasteiger partial charge is 0.391 e. The van der Waals surface area contributed by atoms with Crippen LogP contribution in [0.1, 0.15) is 49.9 Å². The SMILES string of the molecule is CCCCC(CCOC(=O)c1ccc(-c2ccc(OCC)cc2)c(F)c1F)C(F)(F)F. The van der Waals surface area contributed by atoms with Crippen molar-refractivity contribution in [2.75, 3.05) is 13.2 Å². The molecule has 170 valence electrons. The summed E-state index contributed by atoms with van der Waals surface area (Å²) >= 11 is 0. The lowest BCUT2D eigenvalue weighted by atomic mass is 9.98. The lowest BCUT2D eigenvalue weighted by molar-refractivity contribution is -0.180. The third-order valence-corrected chi connectivity index (χ3v) is 4.85. The average Bonchev–Trinajstić information content (AvgIpc) is 2.72. The maximum absolute atomic E-state index is 14.5. The lowest BCUT2D eigenvalue weighted by Crippen LogP contribution is -2.25. The Hall–Kier alpha value is -2.64. The van der Waals surface area contributed by atoms with E-state index in [1.165, 1.54) is 6.07 Å². The molecule has 31 heavy (non-hydrogen) atoms. The Balaban J connectivity index is 2.07. The molecular weight excluding hydrogens is 419 g/mol. The van der Waals surface area contributed by atoms with Crippen LogP contribution in [0.2, 0.25) is 0 Å². The van der Waals surface area contributed by atoms with Crippen LogP contribution in [0.5, 0.6) is 5.75 Å². The van der Waals surface area contributed by atoms with Crippen molar-refractivity contribution in [3.05, 3.63) is 53.6 Å². The Morgan fingerprint density at radius 1 is 0.968 bits per heavy atom. The number of carbonyl (C=O) groups is 1. The predicted octanol–water partition coefficient (Wildman–Crippen LogP) is 6.95. The normalized spacial score (nSPS) is 12.5. The van der Waals surface area contributed by atoms with Gasteiger partial charge in [-0.25, -0.2) is 13.6 Å². The largest absolute Gasteiger partial charge is 0.494 e. The van der Waals surface area contributed by atoms with E-state index < -0.39 is 48.3 Å². The number of carbonyl (C=O) groups excluding carboxylic acids is 1. The minimum Gasteiger partial charge on any atom is -0.494 e. The molecule has 0 amide bonds. The molecule has 1 unspecified atom stereocenters. The molecular formula is C23H25F5O3. The van der Waals surface area contributed by atoms with E-state index in [-0.39, 0.29) is 12.0 Å². The number of esters is 1. The third kappa shape index (κ3) is 6.67. The molecule has 0 aliphatic heterocycles. The number of halogens is 5. The van der Waals surface area contributed by atoms with Gasteiger partial charge < -0.3 is 9.47 Å². The highest BCUT2D eigenvalue weighted by Crippen LogP contribution is 2.33. The Kier molecular flexibility index (Phi) is 8.83. The van der Waals surface area contributed by atoms with Gasteiger partial charge >= 0.3 is 12.1 Å². The zero-order chi connectivity index (χ0) is 23.0. The van der Waals surface area contributed by atoms with Crippen molar-refractivity contribution in [3.63, 3.8) is 0 Å². The zero-order valence-corrected chi connectivity index (χ0v) is 17.4. The van der Waals surface area contributed by atoms with Crippen molar-refractivity contribution in [2.45, 2.75) is 45.7 Å². The zero-order valence-electron chi connectivity index (χ0n) is 17.4. The van der Waals surface area contributed by atoms with Gasteiger partial charge in [0.15, 0.2) is 11.6 Å². The molecule has 0 fully saturated rings. The number of benzene rings is 2.